The minimum absolute atomic E-state index is 0.337. The number of nitrogens with one attached hydrogen (secondary N) is 1. The molecule has 0 aliphatic rings. The molecule has 18 heavy (non-hydrogen) atoms. The molecule has 3 nitrogen and oxygen atoms in total. The van der Waals surface area contributed by atoms with Crippen LogP contribution >= 0.6 is 27.5 Å². The summed E-state index contributed by atoms with van der Waals surface area (Å²) >= 11 is 9.37. The topological polar surface area (TPSA) is 41.5 Å². The van der Waals surface area contributed by atoms with Gasteiger partial charge in [-0.1, -0.05) is 31.5 Å². The molecular weight excluding hydrogens is 318 g/mol. The summed E-state index contributed by atoms with van der Waals surface area (Å²) in [7, 11) is 0. The minimum Gasteiger partial charge on any atom is -0.389 e. The summed E-state index contributed by atoms with van der Waals surface area (Å²) in [6.45, 7) is 5.58. The van der Waals surface area contributed by atoms with Crippen LogP contribution in [0.25, 0.3) is 0 Å². The highest BCUT2D eigenvalue weighted by molar-refractivity contribution is 9.10. The van der Waals surface area contributed by atoms with Crippen LogP contribution in [-0.4, -0.2) is 31.0 Å². The summed E-state index contributed by atoms with van der Waals surface area (Å²) in [5.74, 6) is 0.479. The first-order valence-electron chi connectivity index (χ1n) is 5.94. The van der Waals surface area contributed by atoms with Gasteiger partial charge in [0, 0.05) is 13.2 Å². The molecule has 0 heterocycles. The predicted molar refractivity (Wildman–Crippen MR) is 79.3 cm³/mol. The first-order valence-corrected chi connectivity index (χ1v) is 7.11. The van der Waals surface area contributed by atoms with Crippen molar-refractivity contribution in [1.82, 2.24) is 0 Å². The smallest absolute Gasteiger partial charge is 0.0945 e. The first-order chi connectivity index (χ1) is 8.50. The van der Waals surface area contributed by atoms with Crippen molar-refractivity contribution in [2.75, 3.05) is 25.1 Å². The van der Waals surface area contributed by atoms with Gasteiger partial charge < -0.3 is 15.2 Å². The molecule has 1 aromatic carbocycles. The van der Waals surface area contributed by atoms with Gasteiger partial charge in [-0.15, -0.1) is 0 Å². The zero-order valence-corrected chi connectivity index (χ0v) is 13.0. The first kappa shape index (κ1) is 15.8. The molecule has 0 amide bonds. The van der Waals surface area contributed by atoms with Crippen LogP contribution in [0.4, 0.5) is 5.69 Å². The van der Waals surface area contributed by atoms with Crippen LogP contribution in [0.2, 0.25) is 5.02 Å². The van der Waals surface area contributed by atoms with Crippen LogP contribution in [0.5, 0.6) is 0 Å². The second-order valence-electron chi connectivity index (χ2n) is 4.57. The lowest BCUT2D eigenvalue weighted by Gasteiger charge is -2.15. The third-order valence-corrected chi connectivity index (χ3v) is 3.64. The second-order valence-corrected chi connectivity index (χ2v) is 5.77. The Morgan fingerprint density at radius 2 is 2.11 bits per heavy atom. The molecule has 0 bridgehead atoms. The number of aliphatic hydroxyl groups excluding tert-OH is 1. The number of halogens is 2. The molecule has 0 aliphatic heterocycles. The van der Waals surface area contributed by atoms with Gasteiger partial charge in [-0.2, -0.15) is 0 Å². The summed E-state index contributed by atoms with van der Waals surface area (Å²) in [6.07, 6.45) is -0.533. The number of aliphatic hydroxyl groups is 1. The Morgan fingerprint density at radius 1 is 1.39 bits per heavy atom. The van der Waals surface area contributed by atoms with E-state index in [0.29, 0.717) is 30.7 Å². The predicted octanol–water partition coefficient (Wildman–Crippen LogP) is 3.55. The largest absolute Gasteiger partial charge is 0.389 e. The molecular formula is C13H19BrClNO2. The Labute approximate surface area is 122 Å². The molecule has 0 fully saturated rings. The Kier molecular flexibility index (Phi) is 7.00. The van der Waals surface area contributed by atoms with E-state index in [4.69, 9.17) is 16.3 Å². The number of hydrogen-bond acceptors (Lipinski definition) is 3. The molecule has 1 rings (SSSR count). The van der Waals surface area contributed by atoms with E-state index in [9.17, 15) is 5.11 Å². The fourth-order valence-electron chi connectivity index (χ4n) is 1.37. The van der Waals surface area contributed by atoms with E-state index in [1.54, 1.807) is 6.07 Å². The summed E-state index contributed by atoms with van der Waals surface area (Å²) in [4.78, 5) is 0. The fraction of sp³-hybridized carbons (Fsp3) is 0.538. The van der Waals surface area contributed by atoms with Crippen LogP contribution in [0, 0.1) is 5.92 Å². The normalized spacial score (nSPS) is 12.8. The van der Waals surface area contributed by atoms with Crippen LogP contribution in [0.3, 0.4) is 0 Å². The van der Waals surface area contributed by atoms with Crippen LogP contribution in [0.1, 0.15) is 13.8 Å². The third kappa shape index (κ3) is 5.57. The Hall–Kier alpha value is -0.290. The van der Waals surface area contributed by atoms with Gasteiger partial charge in [-0.3, -0.25) is 0 Å². The van der Waals surface area contributed by atoms with Gasteiger partial charge in [0.05, 0.1) is 27.9 Å². The fourth-order valence-corrected chi connectivity index (χ4v) is 1.95. The number of anilines is 1. The summed E-state index contributed by atoms with van der Waals surface area (Å²) < 4.78 is 6.18. The van der Waals surface area contributed by atoms with Gasteiger partial charge in [0.1, 0.15) is 0 Å². The average molecular weight is 337 g/mol. The van der Waals surface area contributed by atoms with Crippen molar-refractivity contribution in [2.45, 2.75) is 20.0 Å². The van der Waals surface area contributed by atoms with Gasteiger partial charge in [-0.25, -0.2) is 0 Å². The van der Waals surface area contributed by atoms with Crippen LogP contribution in [0.15, 0.2) is 22.7 Å². The molecule has 1 atom stereocenters. The lowest BCUT2D eigenvalue weighted by Crippen LogP contribution is -2.25. The Balaban J connectivity index is 2.33. The zero-order chi connectivity index (χ0) is 13.5. The van der Waals surface area contributed by atoms with E-state index >= 15 is 0 Å². The van der Waals surface area contributed by atoms with Crippen molar-refractivity contribution in [3.8, 4) is 0 Å². The highest BCUT2D eigenvalue weighted by Gasteiger charge is 2.07. The maximum absolute atomic E-state index is 9.75. The third-order valence-electron chi connectivity index (χ3n) is 2.24. The highest BCUT2D eigenvalue weighted by atomic mass is 79.9. The molecule has 102 valence electrons. The molecule has 0 aromatic heterocycles. The molecule has 0 saturated carbocycles. The Morgan fingerprint density at radius 3 is 2.78 bits per heavy atom. The molecule has 5 heteroatoms. The Bertz CT molecular complexity index is 374. The standard InChI is InChI=1S/C13H19BrClNO2/c1-9(2)7-18-8-10(17)6-16-12-5-3-4-11(15)13(12)14/h3-5,9-10,16-17H,6-8H2,1-2H3. The van der Waals surface area contributed by atoms with Crippen molar-refractivity contribution >= 4 is 33.2 Å². The zero-order valence-electron chi connectivity index (χ0n) is 10.6. The maximum atomic E-state index is 9.75. The van der Waals surface area contributed by atoms with E-state index < -0.39 is 6.10 Å². The van der Waals surface area contributed by atoms with Gasteiger partial charge in [-0.05, 0) is 34.0 Å². The van der Waals surface area contributed by atoms with Gasteiger partial charge in [0.2, 0.25) is 0 Å². The van der Waals surface area contributed by atoms with E-state index in [1.807, 2.05) is 12.1 Å². The SMILES string of the molecule is CC(C)COCC(O)CNc1cccc(Cl)c1Br. The van der Waals surface area contributed by atoms with Crippen LogP contribution in [-0.2, 0) is 4.74 Å². The molecule has 0 aliphatic carbocycles. The maximum Gasteiger partial charge on any atom is 0.0945 e. The van der Waals surface area contributed by atoms with Crippen molar-refractivity contribution in [2.24, 2.45) is 5.92 Å². The lowest BCUT2D eigenvalue weighted by atomic mass is 10.2. The second kappa shape index (κ2) is 8.00. The summed E-state index contributed by atoms with van der Waals surface area (Å²) in [5, 5.41) is 13.5. The van der Waals surface area contributed by atoms with Crippen molar-refractivity contribution in [1.29, 1.82) is 0 Å². The van der Waals surface area contributed by atoms with Crippen molar-refractivity contribution < 1.29 is 9.84 Å². The summed E-state index contributed by atoms with van der Waals surface area (Å²) in [6, 6.07) is 5.56. The number of rotatable bonds is 7. The van der Waals surface area contributed by atoms with Gasteiger partial charge >= 0.3 is 0 Å². The molecule has 0 radical (unpaired) electrons. The van der Waals surface area contributed by atoms with Crippen molar-refractivity contribution in [3.05, 3.63) is 27.7 Å². The van der Waals surface area contributed by atoms with Gasteiger partial charge in [0.15, 0.2) is 0 Å². The van der Waals surface area contributed by atoms with E-state index in [-0.39, 0.29) is 0 Å². The van der Waals surface area contributed by atoms with Crippen molar-refractivity contribution in [3.63, 3.8) is 0 Å². The molecule has 0 spiro atoms. The minimum atomic E-state index is -0.533. The number of benzene rings is 1. The van der Waals surface area contributed by atoms with E-state index in [0.717, 1.165) is 10.2 Å². The molecule has 0 saturated heterocycles. The number of hydrogen-bond donors (Lipinski definition) is 2. The molecule has 2 N–H and O–H groups in total. The van der Waals surface area contributed by atoms with Gasteiger partial charge in [0.25, 0.3) is 0 Å². The van der Waals surface area contributed by atoms with E-state index in [1.165, 1.54) is 0 Å². The summed E-state index contributed by atoms with van der Waals surface area (Å²) in [5.41, 5.74) is 0.866. The molecule has 1 unspecified atom stereocenters. The average Bonchev–Trinajstić information content (AvgIpc) is 2.30. The lowest BCUT2D eigenvalue weighted by molar-refractivity contribution is 0.0318. The molecule has 1 aromatic rings. The van der Waals surface area contributed by atoms with E-state index in [2.05, 4.69) is 35.1 Å². The quantitative estimate of drug-likeness (QED) is 0.800. The van der Waals surface area contributed by atoms with Crippen LogP contribution < -0.4 is 5.32 Å². The number of ether oxygens (including phenoxy) is 1. The monoisotopic (exact) mass is 335 g/mol. The highest BCUT2D eigenvalue weighted by Crippen LogP contribution is 2.29.